The third-order valence-electron chi connectivity index (χ3n) is 9.19. The molecule has 0 bridgehead atoms. The van der Waals surface area contributed by atoms with Crippen molar-refractivity contribution in [3.8, 4) is 11.3 Å². The molecule has 0 unspecified atom stereocenters. The predicted octanol–water partition coefficient (Wildman–Crippen LogP) is 12.0. The highest BCUT2D eigenvalue weighted by Crippen LogP contribution is 2.39. The summed E-state index contributed by atoms with van der Waals surface area (Å²) in [4.78, 5) is 12.1. The molecular weight excluding hydrogens is 603 g/mol. The zero-order valence-electron chi connectivity index (χ0n) is 27.9. The van der Waals surface area contributed by atoms with Gasteiger partial charge in [-0.15, -0.1) is 0 Å². The quantitative estimate of drug-likeness (QED) is 0.103. The van der Waals surface area contributed by atoms with E-state index in [1.165, 1.54) is 5.56 Å². The minimum Gasteiger partial charge on any atom is -0.455 e. The van der Waals surface area contributed by atoms with Gasteiger partial charge in [0.05, 0.1) is 5.69 Å². The van der Waals surface area contributed by atoms with E-state index in [9.17, 15) is 0 Å². The van der Waals surface area contributed by atoms with Crippen LogP contribution >= 0.6 is 0 Å². The van der Waals surface area contributed by atoms with Crippen molar-refractivity contribution in [2.75, 3.05) is 11.9 Å². The first-order chi connectivity index (χ1) is 24.0. The summed E-state index contributed by atoms with van der Waals surface area (Å²) in [5.41, 5.74) is 10.8. The first kappa shape index (κ1) is 30.2. The highest BCUT2D eigenvalue weighted by molar-refractivity contribution is 6.12. The maximum absolute atomic E-state index is 6.43. The Bertz CT molecular complexity index is 2600. The number of aromatic nitrogens is 1. The van der Waals surface area contributed by atoms with E-state index >= 15 is 0 Å². The van der Waals surface area contributed by atoms with E-state index in [2.05, 4.69) is 92.4 Å². The number of allylic oxidation sites excluding steroid dienone is 3. The number of anilines is 2. The highest BCUT2D eigenvalue weighted by Gasteiger charge is 2.20. The van der Waals surface area contributed by atoms with Crippen molar-refractivity contribution in [1.29, 1.82) is 0 Å². The van der Waals surface area contributed by atoms with E-state index < -0.39 is 0 Å². The first-order valence-corrected chi connectivity index (χ1v) is 16.5. The molecule has 0 radical (unpaired) electrons. The van der Waals surface area contributed by atoms with Gasteiger partial charge in [0.25, 0.3) is 0 Å². The van der Waals surface area contributed by atoms with Crippen LogP contribution in [0.15, 0.2) is 153 Å². The Labute approximate surface area is 285 Å². The summed E-state index contributed by atoms with van der Waals surface area (Å²) in [6, 6.07) is 41.3. The first-order valence-electron chi connectivity index (χ1n) is 16.5. The van der Waals surface area contributed by atoms with Crippen LogP contribution in [0.25, 0.3) is 60.7 Å². The molecule has 3 heterocycles. The van der Waals surface area contributed by atoms with Crippen LogP contribution in [0.4, 0.5) is 11.5 Å². The van der Waals surface area contributed by atoms with Crippen LogP contribution in [-0.4, -0.2) is 17.9 Å². The lowest BCUT2D eigenvalue weighted by atomic mass is 9.98. The molecule has 0 saturated carbocycles. The molecule has 8 rings (SSSR count). The van der Waals surface area contributed by atoms with Crippen LogP contribution in [0.3, 0.4) is 0 Å². The number of hydrogen-bond donors (Lipinski definition) is 0. The van der Waals surface area contributed by atoms with Crippen LogP contribution in [0.1, 0.15) is 23.6 Å². The Morgan fingerprint density at radius 2 is 1.29 bits per heavy atom. The van der Waals surface area contributed by atoms with Crippen LogP contribution in [0.2, 0.25) is 0 Å². The number of benzene rings is 5. The molecule has 0 aliphatic rings. The van der Waals surface area contributed by atoms with Crippen molar-refractivity contribution < 1.29 is 8.83 Å². The van der Waals surface area contributed by atoms with Gasteiger partial charge in [-0.25, -0.2) is 4.98 Å². The van der Waals surface area contributed by atoms with Crippen LogP contribution in [-0.2, 0) is 0 Å². The number of furan rings is 2. The molecule has 0 fully saturated rings. The highest BCUT2D eigenvalue weighted by atomic mass is 16.3. The molecule has 238 valence electrons. The van der Waals surface area contributed by atoms with E-state index in [-0.39, 0.29) is 0 Å². The largest absolute Gasteiger partial charge is 0.455 e. The van der Waals surface area contributed by atoms with Gasteiger partial charge in [-0.2, -0.15) is 0 Å². The van der Waals surface area contributed by atoms with Gasteiger partial charge < -0.3 is 8.83 Å². The molecular formula is C44H35N3O2. The minimum atomic E-state index is 0.747. The van der Waals surface area contributed by atoms with Crippen molar-refractivity contribution >= 4 is 66.8 Å². The summed E-state index contributed by atoms with van der Waals surface area (Å²) in [5, 5.41) is 4.43. The number of para-hydroxylation sites is 3. The normalized spacial score (nSPS) is 12.7. The summed E-state index contributed by atoms with van der Waals surface area (Å²) >= 11 is 0. The number of aliphatic imine (C=N–C) groups is 1. The van der Waals surface area contributed by atoms with Gasteiger partial charge in [-0.3, -0.25) is 9.89 Å². The fourth-order valence-corrected chi connectivity index (χ4v) is 6.84. The average molecular weight is 638 g/mol. The van der Waals surface area contributed by atoms with E-state index in [1.54, 1.807) is 0 Å². The third kappa shape index (κ3) is 5.30. The SMILES string of the molecule is CN=C(/C=C\C=C(/C)c1c(C)ccc2c1oc1ccccc12)N(c1ccccc1)c1cccc(-c2c(C)ccc3c2oc2ccccc23)n1. The van der Waals surface area contributed by atoms with Gasteiger partial charge in [0.2, 0.25) is 0 Å². The molecule has 0 saturated heterocycles. The lowest BCUT2D eigenvalue weighted by Crippen LogP contribution is -2.25. The molecule has 0 aliphatic carbocycles. The Morgan fingerprint density at radius 3 is 2.00 bits per heavy atom. The maximum atomic E-state index is 6.43. The molecule has 0 N–H and O–H groups in total. The number of fused-ring (bicyclic) bond motifs is 6. The van der Waals surface area contributed by atoms with Gasteiger partial charge in [-0.1, -0.05) is 97.1 Å². The predicted molar refractivity (Wildman–Crippen MR) is 205 cm³/mol. The second-order valence-electron chi connectivity index (χ2n) is 12.3. The Balaban J connectivity index is 1.20. The summed E-state index contributed by atoms with van der Waals surface area (Å²) in [6.07, 6.45) is 6.21. The number of nitrogens with zero attached hydrogens (tertiary/aromatic N) is 3. The number of amidine groups is 1. The van der Waals surface area contributed by atoms with Gasteiger partial charge >= 0.3 is 0 Å². The monoisotopic (exact) mass is 637 g/mol. The zero-order chi connectivity index (χ0) is 33.5. The molecule has 5 aromatic carbocycles. The molecule has 5 heteroatoms. The van der Waals surface area contributed by atoms with E-state index in [0.29, 0.717) is 0 Å². The smallest absolute Gasteiger partial charge is 0.145 e. The lowest BCUT2D eigenvalue weighted by Gasteiger charge is -2.24. The zero-order valence-corrected chi connectivity index (χ0v) is 27.9. The van der Waals surface area contributed by atoms with E-state index in [4.69, 9.17) is 18.8 Å². The number of rotatable bonds is 6. The van der Waals surface area contributed by atoms with Crippen LogP contribution in [0.5, 0.6) is 0 Å². The molecule has 0 atom stereocenters. The summed E-state index contributed by atoms with van der Waals surface area (Å²) in [6.45, 7) is 6.36. The number of pyridine rings is 1. The van der Waals surface area contributed by atoms with Crippen molar-refractivity contribution in [2.45, 2.75) is 20.8 Å². The fraction of sp³-hybridized carbons (Fsp3) is 0.0909. The van der Waals surface area contributed by atoms with Gasteiger partial charge in [0, 0.05) is 45.4 Å². The fourth-order valence-electron chi connectivity index (χ4n) is 6.84. The van der Waals surface area contributed by atoms with Gasteiger partial charge in [0.1, 0.15) is 34.0 Å². The molecule has 3 aromatic heterocycles. The number of aryl methyl sites for hydroxylation is 2. The Kier molecular flexibility index (Phi) is 7.65. The molecule has 0 spiro atoms. The Hall–Kier alpha value is -6.20. The third-order valence-corrected chi connectivity index (χ3v) is 9.19. The summed E-state index contributed by atoms with van der Waals surface area (Å²) in [5.74, 6) is 1.50. The molecule has 8 aromatic rings. The van der Waals surface area contributed by atoms with E-state index in [1.807, 2.05) is 79.9 Å². The van der Waals surface area contributed by atoms with Crippen molar-refractivity contribution in [3.63, 3.8) is 0 Å². The van der Waals surface area contributed by atoms with Crippen LogP contribution < -0.4 is 4.90 Å². The minimum absolute atomic E-state index is 0.747. The van der Waals surface area contributed by atoms with Crippen LogP contribution in [0, 0.1) is 13.8 Å². The molecule has 49 heavy (non-hydrogen) atoms. The lowest BCUT2D eigenvalue weighted by molar-refractivity contribution is 0.667. The maximum Gasteiger partial charge on any atom is 0.145 e. The topological polar surface area (TPSA) is 54.8 Å². The second kappa shape index (κ2) is 12.4. The Morgan fingerprint density at radius 1 is 0.653 bits per heavy atom. The van der Waals surface area contributed by atoms with Crippen molar-refractivity contribution in [3.05, 3.63) is 156 Å². The summed E-state index contributed by atoms with van der Waals surface area (Å²) in [7, 11) is 1.81. The van der Waals surface area contributed by atoms with Gasteiger partial charge in [-0.05, 0) is 79.9 Å². The standard InChI is InChI=1S/C44H35N3O2/c1-28(41-29(2)24-26-34-32-17-8-10-20-37(32)48-43(34)41)14-12-22-39(45-4)47(31-15-6-5-7-16-31)40-23-13-19-36(46-40)42-30(3)25-27-35-33-18-9-11-21-38(33)49-44(35)42/h5-27H,1-4H3/b22-12-,28-14+,45-39?. The second-order valence-corrected chi connectivity index (χ2v) is 12.3. The number of hydrogen-bond acceptors (Lipinski definition) is 4. The average Bonchev–Trinajstić information content (AvgIpc) is 3.69. The summed E-state index contributed by atoms with van der Waals surface area (Å²) < 4.78 is 12.8. The van der Waals surface area contributed by atoms with Crippen molar-refractivity contribution in [1.82, 2.24) is 4.98 Å². The van der Waals surface area contributed by atoms with Gasteiger partial charge in [0.15, 0.2) is 0 Å². The molecule has 0 amide bonds. The van der Waals surface area contributed by atoms with Crippen molar-refractivity contribution in [2.24, 2.45) is 4.99 Å². The molecule has 0 aliphatic heterocycles. The molecule has 5 nitrogen and oxygen atoms in total. The van der Waals surface area contributed by atoms with E-state index in [0.717, 1.165) is 89.2 Å².